The molecule has 1 aromatic carbocycles. The standard InChI is InChI=1S/C13H14N4O5S/c1-3-22-11-5-4-9(6-10(11)16(18)19)7-15-8(2)14-12(13(15)23)17(20)21/h4-6,23H,3,7H2,1-2H3. The Morgan fingerprint density at radius 3 is 2.52 bits per heavy atom. The Kier molecular flexibility index (Phi) is 4.84. The van der Waals surface area contributed by atoms with Gasteiger partial charge in [0.25, 0.3) is 0 Å². The van der Waals surface area contributed by atoms with Crippen molar-refractivity contribution in [2.75, 3.05) is 6.61 Å². The number of ether oxygens (including phenoxy) is 1. The molecular formula is C13H14N4O5S. The predicted octanol–water partition coefficient (Wildman–Crippen LogP) is 2.74. The lowest BCUT2D eigenvalue weighted by Gasteiger charge is -2.08. The van der Waals surface area contributed by atoms with Crippen molar-refractivity contribution < 1.29 is 14.6 Å². The quantitative estimate of drug-likeness (QED) is 0.492. The highest BCUT2D eigenvalue weighted by Gasteiger charge is 2.23. The molecule has 2 aromatic rings. The van der Waals surface area contributed by atoms with E-state index in [1.54, 1.807) is 19.9 Å². The van der Waals surface area contributed by atoms with Crippen LogP contribution in [0.4, 0.5) is 11.5 Å². The summed E-state index contributed by atoms with van der Waals surface area (Å²) in [6.45, 7) is 3.83. The van der Waals surface area contributed by atoms with Gasteiger partial charge in [-0.25, -0.2) is 0 Å². The van der Waals surface area contributed by atoms with Crippen molar-refractivity contribution in [3.63, 3.8) is 0 Å². The molecule has 0 atom stereocenters. The van der Waals surface area contributed by atoms with Crippen molar-refractivity contribution in [3.05, 3.63) is 49.8 Å². The first kappa shape index (κ1) is 16.7. The van der Waals surface area contributed by atoms with Gasteiger partial charge in [0.1, 0.15) is 0 Å². The zero-order valence-electron chi connectivity index (χ0n) is 12.4. The van der Waals surface area contributed by atoms with Crippen LogP contribution in [0.5, 0.6) is 5.75 Å². The molecule has 0 unspecified atom stereocenters. The van der Waals surface area contributed by atoms with Crippen LogP contribution < -0.4 is 4.74 Å². The van der Waals surface area contributed by atoms with E-state index in [2.05, 4.69) is 17.6 Å². The fourth-order valence-corrected chi connectivity index (χ4v) is 2.46. The van der Waals surface area contributed by atoms with Crippen molar-refractivity contribution in [2.24, 2.45) is 0 Å². The molecule has 0 aliphatic heterocycles. The summed E-state index contributed by atoms with van der Waals surface area (Å²) >= 11 is 4.12. The van der Waals surface area contributed by atoms with Gasteiger partial charge in [-0.15, -0.1) is 12.6 Å². The monoisotopic (exact) mass is 338 g/mol. The minimum atomic E-state index is -0.619. The molecule has 0 bridgehead atoms. The maximum Gasteiger partial charge on any atom is 0.395 e. The third-order valence-corrected chi connectivity index (χ3v) is 3.59. The van der Waals surface area contributed by atoms with Crippen LogP contribution in [0.3, 0.4) is 0 Å². The molecule has 9 nitrogen and oxygen atoms in total. The molecule has 2 rings (SSSR count). The van der Waals surface area contributed by atoms with E-state index >= 15 is 0 Å². The largest absolute Gasteiger partial charge is 0.487 e. The Balaban J connectivity index is 2.39. The normalized spacial score (nSPS) is 10.6. The first-order chi connectivity index (χ1) is 10.8. The van der Waals surface area contributed by atoms with Crippen LogP contribution in [0.2, 0.25) is 0 Å². The SMILES string of the molecule is CCOc1ccc(Cn2c(C)nc([N+](=O)[O-])c2S)cc1[N+](=O)[O-]. The third-order valence-electron chi connectivity index (χ3n) is 3.15. The van der Waals surface area contributed by atoms with Gasteiger partial charge in [-0.1, -0.05) is 6.07 Å². The van der Waals surface area contributed by atoms with Crippen LogP contribution in [0.15, 0.2) is 23.2 Å². The van der Waals surface area contributed by atoms with Crippen molar-refractivity contribution in [3.8, 4) is 5.75 Å². The molecular weight excluding hydrogens is 324 g/mol. The molecule has 0 aliphatic rings. The number of hydrogen-bond donors (Lipinski definition) is 1. The van der Waals surface area contributed by atoms with Crippen LogP contribution in [0.25, 0.3) is 0 Å². The summed E-state index contributed by atoms with van der Waals surface area (Å²) in [5.74, 6) is 0.241. The summed E-state index contributed by atoms with van der Waals surface area (Å²) in [4.78, 5) is 24.7. The smallest absolute Gasteiger partial charge is 0.395 e. The van der Waals surface area contributed by atoms with Gasteiger partial charge < -0.3 is 14.9 Å². The second kappa shape index (κ2) is 6.65. The van der Waals surface area contributed by atoms with E-state index in [1.165, 1.54) is 16.7 Å². The van der Waals surface area contributed by atoms with E-state index in [4.69, 9.17) is 4.74 Å². The van der Waals surface area contributed by atoms with Crippen molar-refractivity contribution in [1.82, 2.24) is 9.55 Å². The second-order valence-electron chi connectivity index (χ2n) is 4.64. The molecule has 0 fully saturated rings. The molecule has 0 spiro atoms. The molecule has 0 saturated carbocycles. The number of nitro groups is 2. The fourth-order valence-electron chi connectivity index (χ4n) is 2.11. The number of benzene rings is 1. The summed E-state index contributed by atoms with van der Waals surface area (Å²) in [5.41, 5.74) is 0.434. The predicted molar refractivity (Wildman–Crippen MR) is 84.2 cm³/mol. The average Bonchev–Trinajstić information content (AvgIpc) is 2.77. The number of nitrogens with zero attached hydrogens (tertiary/aromatic N) is 4. The summed E-state index contributed by atoms with van der Waals surface area (Å²) in [5, 5.41) is 22.1. The highest BCUT2D eigenvalue weighted by Crippen LogP contribution is 2.30. The minimum Gasteiger partial charge on any atom is -0.487 e. The number of imidazole rings is 1. The van der Waals surface area contributed by atoms with E-state index < -0.39 is 9.85 Å². The molecule has 1 heterocycles. The first-order valence-electron chi connectivity index (χ1n) is 6.65. The molecule has 1 aromatic heterocycles. The number of aryl methyl sites for hydroxylation is 1. The highest BCUT2D eigenvalue weighted by atomic mass is 32.1. The first-order valence-corrected chi connectivity index (χ1v) is 7.10. The van der Waals surface area contributed by atoms with Gasteiger partial charge >= 0.3 is 11.5 Å². The Labute approximate surface area is 136 Å². The van der Waals surface area contributed by atoms with Gasteiger partial charge in [0.05, 0.1) is 18.1 Å². The molecule has 0 aliphatic carbocycles. The second-order valence-corrected chi connectivity index (χ2v) is 5.07. The summed E-state index contributed by atoms with van der Waals surface area (Å²) in [6.07, 6.45) is 0. The number of nitro benzene ring substituents is 1. The van der Waals surface area contributed by atoms with Crippen LogP contribution in [-0.4, -0.2) is 26.0 Å². The summed E-state index contributed by atoms with van der Waals surface area (Å²) in [7, 11) is 0. The Hall–Kier alpha value is -2.62. The van der Waals surface area contributed by atoms with Gasteiger partial charge in [0, 0.05) is 13.0 Å². The number of thiol groups is 1. The number of rotatable bonds is 6. The lowest BCUT2D eigenvalue weighted by molar-refractivity contribution is -0.392. The van der Waals surface area contributed by atoms with Crippen molar-refractivity contribution >= 4 is 24.1 Å². The Morgan fingerprint density at radius 2 is 2.00 bits per heavy atom. The summed E-state index contributed by atoms with van der Waals surface area (Å²) in [6, 6.07) is 4.55. The third kappa shape index (κ3) is 3.42. The van der Waals surface area contributed by atoms with E-state index in [9.17, 15) is 20.2 Å². The molecule has 23 heavy (non-hydrogen) atoms. The van der Waals surface area contributed by atoms with Crippen LogP contribution >= 0.6 is 12.6 Å². The van der Waals surface area contributed by atoms with Crippen LogP contribution in [-0.2, 0) is 6.54 Å². The number of hydrogen-bond acceptors (Lipinski definition) is 7. The zero-order chi connectivity index (χ0) is 17.1. The molecule has 0 amide bonds. The van der Waals surface area contributed by atoms with Crippen molar-refractivity contribution in [1.29, 1.82) is 0 Å². The lowest BCUT2D eigenvalue weighted by atomic mass is 10.2. The average molecular weight is 338 g/mol. The Bertz CT molecular complexity index is 774. The maximum absolute atomic E-state index is 11.1. The van der Waals surface area contributed by atoms with Gasteiger partial charge in [-0.05, 0) is 28.5 Å². The van der Waals surface area contributed by atoms with Crippen LogP contribution in [0, 0.1) is 27.2 Å². The number of aromatic nitrogens is 2. The maximum atomic E-state index is 11.1. The van der Waals surface area contributed by atoms with Gasteiger partial charge in [-0.3, -0.25) is 14.7 Å². The molecule has 122 valence electrons. The molecule has 0 N–H and O–H groups in total. The van der Waals surface area contributed by atoms with Gasteiger partial charge in [-0.2, -0.15) is 0 Å². The topological polar surface area (TPSA) is 113 Å². The molecule has 10 heteroatoms. The van der Waals surface area contributed by atoms with E-state index in [0.29, 0.717) is 18.0 Å². The van der Waals surface area contributed by atoms with E-state index in [1.807, 2.05) is 0 Å². The van der Waals surface area contributed by atoms with Crippen molar-refractivity contribution in [2.45, 2.75) is 25.4 Å². The highest BCUT2D eigenvalue weighted by molar-refractivity contribution is 7.80. The molecule has 0 radical (unpaired) electrons. The summed E-state index contributed by atoms with van der Waals surface area (Å²) < 4.78 is 6.74. The van der Waals surface area contributed by atoms with Gasteiger partial charge in [0.2, 0.25) is 5.82 Å². The van der Waals surface area contributed by atoms with Crippen LogP contribution in [0.1, 0.15) is 18.3 Å². The molecule has 0 saturated heterocycles. The van der Waals surface area contributed by atoms with E-state index in [0.717, 1.165) is 0 Å². The fraction of sp³-hybridized carbons (Fsp3) is 0.308. The van der Waals surface area contributed by atoms with Gasteiger partial charge in [0.15, 0.2) is 10.8 Å². The lowest BCUT2D eigenvalue weighted by Crippen LogP contribution is -2.04. The minimum absolute atomic E-state index is 0.101. The Morgan fingerprint density at radius 1 is 1.30 bits per heavy atom. The zero-order valence-corrected chi connectivity index (χ0v) is 13.3. The van der Waals surface area contributed by atoms with E-state index in [-0.39, 0.29) is 28.8 Å².